The number of piperazine rings is 1. The van der Waals surface area contributed by atoms with Gasteiger partial charge >= 0.3 is 0 Å². The van der Waals surface area contributed by atoms with Gasteiger partial charge in [-0.25, -0.2) is 8.42 Å². The molecule has 20 heavy (non-hydrogen) atoms. The molecular formula is C13H20Cl2N2O2S. The molecule has 2 atom stereocenters. The number of nitrogens with one attached hydrogen (secondary N) is 1. The third kappa shape index (κ3) is 3.46. The Balaban J connectivity index is 0.00000200. The molecule has 114 valence electrons. The van der Waals surface area contributed by atoms with Crippen LogP contribution in [0.4, 0.5) is 0 Å². The smallest absolute Gasteiger partial charge is 0.243 e. The molecule has 4 nitrogen and oxygen atoms in total. The summed E-state index contributed by atoms with van der Waals surface area (Å²) < 4.78 is 27.0. The first-order valence-corrected chi connectivity index (χ1v) is 8.15. The number of hydrogen-bond donors (Lipinski definition) is 1. The molecule has 1 N–H and O–H groups in total. The third-order valence-electron chi connectivity index (χ3n) is 3.43. The first-order valence-electron chi connectivity index (χ1n) is 6.33. The lowest BCUT2D eigenvalue weighted by molar-refractivity contribution is 0.244. The van der Waals surface area contributed by atoms with E-state index in [2.05, 4.69) is 5.32 Å². The molecule has 1 aromatic rings. The second-order valence-electron chi connectivity index (χ2n) is 5.14. The molecule has 1 saturated heterocycles. The van der Waals surface area contributed by atoms with Crippen LogP contribution >= 0.6 is 24.0 Å². The molecular weight excluding hydrogens is 319 g/mol. The van der Waals surface area contributed by atoms with Gasteiger partial charge in [-0.2, -0.15) is 4.31 Å². The zero-order valence-corrected chi connectivity index (χ0v) is 14.1. The maximum atomic E-state index is 12.7. The molecule has 0 spiro atoms. The van der Waals surface area contributed by atoms with Gasteiger partial charge in [0.15, 0.2) is 0 Å². The van der Waals surface area contributed by atoms with Gasteiger partial charge in [-0.3, -0.25) is 0 Å². The quantitative estimate of drug-likeness (QED) is 0.900. The average molecular weight is 339 g/mol. The molecule has 1 fully saturated rings. The molecule has 1 aliphatic heterocycles. The van der Waals surface area contributed by atoms with Crippen molar-refractivity contribution in [2.24, 2.45) is 0 Å². The monoisotopic (exact) mass is 338 g/mol. The highest BCUT2D eigenvalue weighted by Crippen LogP contribution is 2.25. The molecule has 2 unspecified atom stereocenters. The first-order chi connectivity index (χ1) is 8.82. The van der Waals surface area contributed by atoms with E-state index < -0.39 is 10.0 Å². The predicted molar refractivity (Wildman–Crippen MR) is 84.3 cm³/mol. The van der Waals surface area contributed by atoms with Crippen molar-refractivity contribution in [1.29, 1.82) is 0 Å². The number of rotatable bonds is 2. The summed E-state index contributed by atoms with van der Waals surface area (Å²) in [6.45, 7) is 6.85. The van der Waals surface area contributed by atoms with Crippen molar-refractivity contribution < 1.29 is 8.42 Å². The minimum absolute atomic E-state index is 0. The summed E-state index contributed by atoms with van der Waals surface area (Å²) in [4.78, 5) is 0.345. The molecule has 0 saturated carbocycles. The van der Waals surface area contributed by atoms with Gasteiger partial charge in [0.2, 0.25) is 10.0 Å². The molecule has 1 aliphatic rings. The van der Waals surface area contributed by atoms with Crippen molar-refractivity contribution in [3.8, 4) is 0 Å². The van der Waals surface area contributed by atoms with Crippen LogP contribution in [-0.2, 0) is 10.0 Å². The number of benzene rings is 1. The van der Waals surface area contributed by atoms with Gasteiger partial charge < -0.3 is 5.32 Å². The van der Waals surface area contributed by atoms with Crippen molar-refractivity contribution in [2.75, 3.05) is 13.1 Å². The van der Waals surface area contributed by atoms with Gasteiger partial charge in [0.05, 0.1) is 4.90 Å². The molecule has 2 rings (SSSR count). The van der Waals surface area contributed by atoms with Crippen LogP contribution in [0.25, 0.3) is 0 Å². The second-order valence-corrected chi connectivity index (χ2v) is 7.44. The fourth-order valence-electron chi connectivity index (χ4n) is 2.35. The van der Waals surface area contributed by atoms with E-state index in [1.54, 1.807) is 29.4 Å². The van der Waals surface area contributed by atoms with Crippen LogP contribution in [-0.4, -0.2) is 37.9 Å². The van der Waals surface area contributed by atoms with E-state index in [0.717, 1.165) is 0 Å². The molecule has 0 amide bonds. The van der Waals surface area contributed by atoms with Crippen molar-refractivity contribution in [1.82, 2.24) is 9.62 Å². The summed E-state index contributed by atoms with van der Waals surface area (Å²) in [5.41, 5.74) is 0.686. The van der Waals surface area contributed by atoms with E-state index in [0.29, 0.717) is 28.6 Å². The zero-order chi connectivity index (χ0) is 14.2. The Hall–Kier alpha value is -0.330. The van der Waals surface area contributed by atoms with Crippen LogP contribution < -0.4 is 5.32 Å². The van der Waals surface area contributed by atoms with Crippen molar-refractivity contribution in [3.63, 3.8) is 0 Å². The topological polar surface area (TPSA) is 49.4 Å². The number of halogens is 2. The van der Waals surface area contributed by atoms with Crippen LogP contribution in [0.1, 0.15) is 19.4 Å². The fraction of sp³-hybridized carbons (Fsp3) is 0.538. The maximum Gasteiger partial charge on any atom is 0.243 e. The Morgan fingerprint density at radius 3 is 2.60 bits per heavy atom. The first kappa shape index (κ1) is 17.7. The normalized spacial score (nSPS) is 24.2. The van der Waals surface area contributed by atoms with Crippen molar-refractivity contribution >= 4 is 34.0 Å². The van der Waals surface area contributed by atoms with Gasteiger partial charge in [-0.05, 0) is 44.5 Å². The highest BCUT2D eigenvalue weighted by molar-refractivity contribution is 7.89. The van der Waals surface area contributed by atoms with Crippen LogP contribution in [0.5, 0.6) is 0 Å². The predicted octanol–water partition coefficient (Wildman–Crippen LogP) is 2.44. The average Bonchev–Trinajstić information content (AvgIpc) is 2.31. The number of hydrogen-bond acceptors (Lipinski definition) is 3. The Bertz CT molecular complexity index is 578. The summed E-state index contributed by atoms with van der Waals surface area (Å²) in [7, 11) is -3.46. The third-order valence-corrected chi connectivity index (χ3v) is 5.81. The summed E-state index contributed by atoms with van der Waals surface area (Å²) in [6.07, 6.45) is 0. The lowest BCUT2D eigenvalue weighted by atomic mass is 10.2. The maximum absolute atomic E-state index is 12.7. The van der Waals surface area contributed by atoms with Gasteiger partial charge in [0.1, 0.15) is 0 Å². The summed E-state index contributed by atoms with van der Waals surface area (Å²) in [5, 5.41) is 3.84. The second kappa shape index (κ2) is 6.62. The van der Waals surface area contributed by atoms with Crippen LogP contribution in [0.2, 0.25) is 5.02 Å². The molecule has 7 heteroatoms. The Morgan fingerprint density at radius 2 is 2.00 bits per heavy atom. The van der Waals surface area contributed by atoms with Gasteiger partial charge in [0.25, 0.3) is 0 Å². The number of aryl methyl sites for hydroxylation is 1. The highest BCUT2D eigenvalue weighted by Gasteiger charge is 2.34. The van der Waals surface area contributed by atoms with E-state index in [9.17, 15) is 8.42 Å². The zero-order valence-electron chi connectivity index (χ0n) is 11.8. The molecule has 0 aliphatic carbocycles. The molecule has 0 aromatic heterocycles. The van der Waals surface area contributed by atoms with Crippen molar-refractivity contribution in [3.05, 3.63) is 28.8 Å². The summed E-state index contributed by atoms with van der Waals surface area (Å²) in [5.74, 6) is 0. The number of sulfonamides is 1. The molecule has 1 heterocycles. The number of nitrogens with zero attached hydrogens (tertiary/aromatic N) is 1. The van der Waals surface area contributed by atoms with E-state index in [1.165, 1.54) is 0 Å². The van der Waals surface area contributed by atoms with Crippen LogP contribution in [0, 0.1) is 6.92 Å². The van der Waals surface area contributed by atoms with E-state index >= 15 is 0 Å². The lowest BCUT2D eigenvalue weighted by Crippen LogP contribution is -2.56. The lowest BCUT2D eigenvalue weighted by Gasteiger charge is -2.36. The standard InChI is InChI=1S/C13H19ClN2O2S.ClH/c1-9-6-12(14)4-5-13(9)19(17,18)16-8-10(2)15-7-11(16)3;/h4-6,10-11,15H,7-8H2,1-3H3;1H. The van der Waals surface area contributed by atoms with Crippen molar-refractivity contribution in [2.45, 2.75) is 37.8 Å². The minimum atomic E-state index is -3.46. The van der Waals surface area contributed by atoms with E-state index in [1.807, 2.05) is 13.8 Å². The van der Waals surface area contributed by atoms with E-state index in [-0.39, 0.29) is 24.5 Å². The summed E-state index contributed by atoms with van der Waals surface area (Å²) >= 11 is 5.89. The Kier molecular flexibility index (Phi) is 5.87. The fourth-order valence-corrected chi connectivity index (χ4v) is 4.50. The summed E-state index contributed by atoms with van der Waals surface area (Å²) in [6, 6.07) is 5.02. The van der Waals surface area contributed by atoms with E-state index in [4.69, 9.17) is 11.6 Å². The Labute approximate surface area is 132 Å². The Morgan fingerprint density at radius 1 is 1.35 bits per heavy atom. The minimum Gasteiger partial charge on any atom is -0.311 e. The highest BCUT2D eigenvalue weighted by atomic mass is 35.5. The molecule has 1 aromatic carbocycles. The van der Waals surface area contributed by atoms with Gasteiger partial charge in [-0.1, -0.05) is 11.6 Å². The SMILES string of the molecule is Cc1cc(Cl)ccc1S(=O)(=O)N1CC(C)NCC1C.Cl. The van der Waals surface area contributed by atoms with Gasteiger partial charge in [-0.15, -0.1) is 12.4 Å². The molecule has 0 bridgehead atoms. The van der Waals surface area contributed by atoms with Crippen LogP contribution in [0.15, 0.2) is 23.1 Å². The molecule has 0 radical (unpaired) electrons. The largest absolute Gasteiger partial charge is 0.311 e. The van der Waals surface area contributed by atoms with Crippen LogP contribution in [0.3, 0.4) is 0 Å². The van der Waals surface area contributed by atoms with Gasteiger partial charge in [0, 0.05) is 30.2 Å².